The molecule has 55 valence electrons. The van der Waals surface area contributed by atoms with Crippen LogP contribution in [0.3, 0.4) is 0 Å². The topological polar surface area (TPSA) is 4.36 Å². The smallest absolute Gasteiger partial charge is 0.223 e. The van der Waals surface area contributed by atoms with Crippen LogP contribution in [0.5, 0.6) is 0 Å². The van der Waals surface area contributed by atoms with Crippen LogP contribution in [0.15, 0.2) is 0 Å². The van der Waals surface area contributed by atoms with Crippen molar-refractivity contribution in [2.24, 2.45) is 5.92 Å². The molecule has 0 aliphatic rings. The molecule has 0 rings (SSSR count). The van der Waals surface area contributed by atoms with Crippen molar-refractivity contribution < 1.29 is 0 Å². The van der Waals surface area contributed by atoms with Crippen molar-refractivity contribution >= 4 is 7.28 Å². The molecule has 3 atom stereocenters. The lowest BCUT2D eigenvalue weighted by Crippen LogP contribution is -2.17. The highest BCUT2D eigenvalue weighted by molar-refractivity contribution is 6.35. The summed E-state index contributed by atoms with van der Waals surface area (Å²) in [5.74, 6) is 1.05. The first-order chi connectivity index (χ1) is 4.63. The number of rotatable bonds is 3. The van der Waals surface area contributed by atoms with E-state index in [1.807, 2.05) is 6.92 Å². The predicted octanol–water partition coefficient (Wildman–Crippen LogP) is 2.49. The van der Waals surface area contributed by atoms with Gasteiger partial charge in [-0.15, -0.1) is 0 Å². The third kappa shape index (κ3) is 2.43. The van der Waals surface area contributed by atoms with Gasteiger partial charge in [-0.1, -0.05) is 26.5 Å². The summed E-state index contributed by atoms with van der Waals surface area (Å²) in [5, 5.41) is 0. The molecule has 3 unspecified atom stereocenters. The maximum atomic E-state index is 6.82. The third-order valence-electron chi connectivity index (χ3n) is 2.32. The molecular weight excluding hydrogens is 121 g/mol. The van der Waals surface area contributed by atoms with Crippen LogP contribution in [0.1, 0.15) is 20.8 Å². The predicted molar refractivity (Wildman–Crippen MR) is 46.3 cm³/mol. The summed E-state index contributed by atoms with van der Waals surface area (Å²) in [6.45, 7) is 15.1. The molecule has 1 radical (unpaired) electrons. The van der Waals surface area contributed by atoms with E-state index in [1.54, 1.807) is 0 Å². The molecule has 0 aromatic carbocycles. The summed E-state index contributed by atoms with van der Waals surface area (Å²) in [7, 11) is 2.16. The summed E-state index contributed by atoms with van der Waals surface area (Å²) in [6, 6.07) is 0.159. The van der Waals surface area contributed by atoms with Crippen molar-refractivity contribution in [3.63, 3.8) is 0 Å². The number of hydrogen-bond donors (Lipinski definition) is 0. The Bertz CT molecular complexity index is 128. The van der Waals surface area contributed by atoms with Gasteiger partial charge in [-0.05, 0) is 0 Å². The van der Waals surface area contributed by atoms with E-state index in [0.717, 1.165) is 0 Å². The molecule has 0 N–H and O–H groups in total. The van der Waals surface area contributed by atoms with Crippen LogP contribution in [0.25, 0.3) is 4.85 Å². The molecule has 0 heterocycles. The van der Waals surface area contributed by atoms with E-state index in [4.69, 9.17) is 6.57 Å². The summed E-state index contributed by atoms with van der Waals surface area (Å²) < 4.78 is 0. The zero-order valence-corrected chi connectivity index (χ0v) is 7.26. The molecule has 0 fully saturated rings. The van der Waals surface area contributed by atoms with E-state index < -0.39 is 0 Å². The normalized spacial score (nSPS) is 18.7. The van der Waals surface area contributed by atoms with Crippen molar-refractivity contribution in [3.8, 4) is 0 Å². The van der Waals surface area contributed by atoms with Crippen LogP contribution >= 0.6 is 0 Å². The first kappa shape index (κ1) is 9.55. The minimum absolute atomic E-state index is 0.159. The Morgan fingerprint density at radius 1 is 1.30 bits per heavy atom. The van der Waals surface area contributed by atoms with Crippen LogP contribution in [0.4, 0.5) is 0 Å². The van der Waals surface area contributed by atoms with Crippen LogP contribution in [-0.4, -0.2) is 13.3 Å². The summed E-state index contributed by atoms with van der Waals surface area (Å²) in [6.07, 6.45) is 0. The molecule has 1 nitrogen and oxygen atoms in total. The molecule has 0 bridgehead atoms. The van der Waals surface area contributed by atoms with Gasteiger partial charge in [0.1, 0.15) is 7.28 Å². The second-order valence-corrected chi connectivity index (χ2v) is 2.92. The van der Waals surface area contributed by atoms with Gasteiger partial charge in [0.25, 0.3) is 0 Å². The Balaban J connectivity index is 3.84. The van der Waals surface area contributed by atoms with E-state index >= 15 is 0 Å². The van der Waals surface area contributed by atoms with Gasteiger partial charge in [-0.2, -0.15) is 0 Å². The van der Waals surface area contributed by atoms with Gasteiger partial charge in [0, 0.05) is 12.8 Å². The highest BCUT2D eigenvalue weighted by Crippen LogP contribution is 2.21. The number of nitrogens with zero attached hydrogens (tertiary/aromatic N) is 1. The van der Waals surface area contributed by atoms with Crippen molar-refractivity contribution in [1.82, 2.24) is 0 Å². The van der Waals surface area contributed by atoms with Crippen LogP contribution in [-0.2, 0) is 0 Å². The van der Waals surface area contributed by atoms with Crippen LogP contribution < -0.4 is 0 Å². The quantitative estimate of drug-likeness (QED) is 0.414. The minimum Gasteiger partial charge on any atom is -0.314 e. The van der Waals surface area contributed by atoms with Gasteiger partial charge in [0.05, 0.1) is 0 Å². The lowest BCUT2D eigenvalue weighted by atomic mass is 9.61. The Kier molecular flexibility index (Phi) is 4.19. The van der Waals surface area contributed by atoms with E-state index in [0.29, 0.717) is 11.7 Å². The van der Waals surface area contributed by atoms with E-state index in [2.05, 4.69) is 32.8 Å². The minimum atomic E-state index is 0.159. The van der Waals surface area contributed by atoms with Gasteiger partial charge in [0.15, 0.2) is 0 Å². The molecule has 0 aliphatic heterocycles. The molecule has 0 saturated heterocycles. The van der Waals surface area contributed by atoms with Crippen molar-refractivity contribution in [3.05, 3.63) is 11.4 Å². The molecule has 0 aromatic heterocycles. The van der Waals surface area contributed by atoms with Crippen LogP contribution in [0.2, 0.25) is 12.6 Å². The lowest BCUT2D eigenvalue weighted by Gasteiger charge is -2.16. The van der Waals surface area contributed by atoms with Crippen LogP contribution in [0, 0.1) is 12.5 Å². The molecule has 2 heteroatoms. The first-order valence-corrected chi connectivity index (χ1v) is 3.79. The molecule has 0 amide bonds. The monoisotopic (exact) mass is 136 g/mol. The average molecular weight is 136 g/mol. The molecular formula is C8H15BN. The van der Waals surface area contributed by atoms with E-state index in [-0.39, 0.29) is 6.04 Å². The van der Waals surface area contributed by atoms with Gasteiger partial charge in [-0.3, -0.25) is 0 Å². The molecule has 0 saturated carbocycles. The fraction of sp³-hybridized carbons (Fsp3) is 0.875. The molecule has 0 aromatic rings. The Labute approximate surface area is 64.9 Å². The second-order valence-electron chi connectivity index (χ2n) is 2.92. The SMILES string of the molecule is [C-]#[N+]C(C)C(C)C(C)[B]C. The largest absolute Gasteiger partial charge is 0.314 e. The Morgan fingerprint density at radius 3 is 2.10 bits per heavy atom. The fourth-order valence-corrected chi connectivity index (χ4v) is 0.860. The highest BCUT2D eigenvalue weighted by Gasteiger charge is 2.20. The van der Waals surface area contributed by atoms with Gasteiger partial charge < -0.3 is 4.85 Å². The van der Waals surface area contributed by atoms with E-state index in [9.17, 15) is 0 Å². The third-order valence-corrected chi connectivity index (χ3v) is 2.32. The van der Waals surface area contributed by atoms with E-state index in [1.165, 1.54) is 0 Å². The van der Waals surface area contributed by atoms with Gasteiger partial charge >= 0.3 is 0 Å². The van der Waals surface area contributed by atoms with Crippen molar-refractivity contribution in [2.45, 2.75) is 39.5 Å². The molecule has 0 aliphatic carbocycles. The first-order valence-electron chi connectivity index (χ1n) is 3.79. The summed E-state index contributed by atoms with van der Waals surface area (Å²) >= 11 is 0. The standard InChI is InChI=1S/C8H15BN/c1-6(7(2)9-4)8(3)10-5/h6-8H,1-4H3. The summed E-state index contributed by atoms with van der Waals surface area (Å²) in [5.41, 5.74) is 0. The molecule has 0 spiro atoms. The zero-order valence-electron chi connectivity index (χ0n) is 7.26. The molecule has 10 heavy (non-hydrogen) atoms. The van der Waals surface area contributed by atoms with Gasteiger partial charge in [-0.25, -0.2) is 6.57 Å². The highest BCUT2D eigenvalue weighted by atomic mass is 14.7. The Hall–Kier alpha value is -0.445. The fourth-order valence-electron chi connectivity index (χ4n) is 0.860. The second kappa shape index (κ2) is 4.38. The van der Waals surface area contributed by atoms with Crippen molar-refractivity contribution in [1.29, 1.82) is 0 Å². The zero-order chi connectivity index (χ0) is 8.15. The maximum Gasteiger partial charge on any atom is 0.223 e. The maximum absolute atomic E-state index is 6.82. The number of hydrogen-bond acceptors (Lipinski definition) is 0. The summed E-state index contributed by atoms with van der Waals surface area (Å²) in [4.78, 5) is 3.49. The lowest BCUT2D eigenvalue weighted by molar-refractivity contribution is 0.512. The Morgan fingerprint density at radius 2 is 1.80 bits per heavy atom. The van der Waals surface area contributed by atoms with Gasteiger partial charge in [0.2, 0.25) is 6.04 Å². The average Bonchev–Trinajstić information content (AvgIpc) is 2.00. The van der Waals surface area contributed by atoms with Crippen molar-refractivity contribution in [2.75, 3.05) is 0 Å².